The second kappa shape index (κ2) is 9.75. The molecule has 0 spiro atoms. The highest BCUT2D eigenvalue weighted by atomic mass is 35.5. The predicted octanol–water partition coefficient (Wildman–Crippen LogP) is 3.65. The molecule has 2 N–H and O–H groups in total. The fraction of sp³-hybridized carbons (Fsp3) is 0.368. The maximum Gasteiger partial charge on any atom is 0.321 e. The van der Waals surface area contributed by atoms with Gasteiger partial charge in [-0.05, 0) is 37.1 Å². The Balaban J connectivity index is 1.60. The summed E-state index contributed by atoms with van der Waals surface area (Å²) in [6.07, 6.45) is 5.90. The number of nitrogens with one attached hydrogen (secondary N) is 2. The molecule has 0 radical (unpaired) electrons. The number of hydrogen-bond acceptors (Lipinski definition) is 5. The van der Waals surface area contributed by atoms with Crippen molar-refractivity contribution in [2.24, 2.45) is 0 Å². The number of amides is 3. The minimum absolute atomic E-state index is 0.0635. The van der Waals surface area contributed by atoms with Crippen molar-refractivity contribution in [3.8, 4) is 11.4 Å². The van der Waals surface area contributed by atoms with Gasteiger partial charge in [-0.1, -0.05) is 42.3 Å². The van der Waals surface area contributed by atoms with Gasteiger partial charge in [-0.25, -0.2) is 4.79 Å². The second-order valence-corrected chi connectivity index (χ2v) is 7.88. The molecule has 3 rings (SSSR count). The Labute approximate surface area is 172 Å². The number of imide groups is 1. The van der Waals surface area contributed by atoms with Crippen molar-refractivity contribution in [3.05, 3.63) is 41.9 Å². The number of benzene rings is 1. The molecule has 148 valence electrons. The highest BCUT2D eigenvalue weighted by Gasteiger charge is 2.19. The van der Waals surface area contributed by atoms with E-state index in [0.29, 0.717) is 22.5 Å². The maximum absolute atomic E-state index is 12.1. The average Bonchev–Trinajstić information content (AvgIpc) is 3.31. The maximum atomic E-state index is 12.1. The molecule has 0 atom stereocenters. The summed E-state index contributed by atoms with van der Waals surface area (Å²) in [6.45, 7) is 4.27. The zero-order chi connectivity index (χ0) is 19.9. The van der Waals surface area contributed by atoms with E-state index in [-0.39, 0.29) is 17.7 Å². The predicted molar refractivity (Wildman–Crippen MR) is 110 cm³/mol. The minimum atomic E-state index is -0.438. The Kier molecular flexibility index (Phi) is 7.11. The fourth-order valence-corrected chi connectivity index (χ4v) is 3.96. The van der Waals surface area contributed by atoms with Crippen LogP contribution in [0, 0.1) is 0 Å². The molecule has 1 aromatic carbocycles. The summed E-state index contributed by atoms with van der Waals surface area (Å²) in [4.78, 5) is 24.0. The first-order valence-electron chi connectivity index (χ1n) is 9.10. The SMILES string of the molecule is C=CCn1c(SCC(=O)NC(=O)NC2CCCC2)nnc1-c1ccc(Cl)cc1. The van der Waals surface area contributed by atoms with Gasteiger partial charge in [0.2, 0.25) is 5.91 Å². The van der Waals surface area contributed by atoms with Gasteiger partial charge in [0, 0.05) is 23.2 Å². The smallest absolute Gasteiger partial charge is 0.321 e. The molecule has 1 heterocycles. The number of carbonyl (C=O) groups is 2. The van der Waals surface area contributed by atoms with Gasteiger partial charge in [-0.2, -0.15) is 0 Å². The lowest BCUT2D eigenvalue weighted by atomic mass is 10.2. The van der Waals surface area contributed by atoms with Gasteiger partial charge in [-0.3, -0.25) is 14.7 Å². The summed E-state index contributed by atoms with van der Waals surface area (Å²) in [5, 5.41) is 14.8. The Morgan fingerprint density at radius 3 is 2.64 bits per heavy atom. The molecule has 1 fully saturated rings. The lowest BCUT2D eigenvalue weighted by Gasteiger charge is -2.12. The molecule has 0 aliphatic heterocycles. The summed E-state index contributed by atoms with van der Waals surface area (Å²) in [6, 6.07) is 7.02. The Morgan fingerprint density at radius 2 is 1.96 bits per heavy atom. The van der Waals surface area contributed by atoms with Crippen LogP contribution in [0.1, 0.15) is 25.7 Å². The van der Waals surface area contributed by atoms with Crippen LogP contribution in [0.3, 0.4) is 0 Å². The summed E-state index contributed by atoms with van der Waals surface area (Å²) >= 11 is 7.17. The van der Waals surface area contributed by atoms with Crippen LogP contribution in [0.15, 0.2) is 42.1 Å². The van der Waals surface area contributed by atoms with Gasteiger partial charge in [0.1, 0.15) is 0 Å². The summed E-state index contributed by atoms with van der Waals surface area (Å²) in [5.74, 6) is 0.355. The zero-order valence-corrected chi connectivity index (χ0v) is 16.9. The number of allylic oxidation sites excluding steroid dienone is 1. The lowest BCUT2D eigenvalue weighted by molar-refractivity contribution is -0.117. The van der Waals surface area contributed by atoms with Gasteiger partial charge in [0.15, 0.2) is 11.0 Å². The van der Waals surface area contributed by atoms with E-state index in [1.165, 1.54) is 11.8 Å². The van der Waals surface area contributed by atoms with Gasteiger partial charge in [-0.15, -0.1) is 16.8 Å². The number of hydrogen-bond donors (Lipinski definition) is 2. The van der Waals surface area contributed by atoms with E-state index in [1.54, 1.807) is 18.2 Å². The highest BCUT2D eigenvalue weighted by Crippen LogP contribution is 2.25. The van der Waals surface area contributed by atoms with Crippen LogP contribution < -0.4 is 10.6 Å². The van der Waals surface area contributed by atoms with E-state index in [0.717, 1.165) is 31.2 Å². The number of nitrogens with zero attached hydrogens (tertiary/aromatic N) is 3. The van der Waals surface area contributed by atoms with E-state index in [4.69, 9.17) is 11.6 Å². The van der Waals surface area contributed by atoms with E-state index in [9.17, 15) is 9.59 Å². The van der Waals surface area contributed by atoms with Crippen LogP contribution in [0.5, 0.6) is 0 Å². The van der Waals surface area contributed by atoms with Gasteiger partial charge >= 0.3 is 6.03 Å². The molecule has 1 aliphatic carbocycles. The van der Waals surface area contributed by atoms with Crippen molar-refractivity contribution >= 4 is 35.3 Å². The van der Waals surface area contributed by atoms with Gasteiger partial charge < -0.3 is 5.32 Å². The number of aromatic nitrogens is 3. The first kappa shape index (κ1) is 20.4. The molecule has 1 aromatic heterocycles. The second-order valence-electron chi connectivity index (χ2n) is 6.50. The minimum Gasteiger partial charge on any atom is -0.335 e. The molecule has 2 aromatic rings. The first-order valence-corrected chi connectivity index (χ1v) is 10.5. The number of carbonyl (C=O) groups excluding carboxylic acids is 2. The van der Waals surface area contributed by atoms with Gasteiger partial charge in [0.25, 0.3) is 0 Å². The Hall–Kier alpha value is -2.32. The van der Waals surface area contributed by atoms with Crippen LogP contribution in [0.4, 0.5) is 4.79 Å². The van der Waals surface area contributed by atoms with Crippen molar-refractivity contribution in [2.45, 2.75) is 43.4 Å². The quantitative estimate of drug-likeness (QED) is 0.528. The largest absolute Gasteiger partial charge is 0.335 e. The summed E-state index contributed by atoms with van der Waals surface area (Å²) in [5.41, 5.74) is 0.867. The average molecular weight is 420 g/mol. The van der Waals surface area contributed by atoms with Crippen LogP contribution >= 0.6 is 23.4 Å². The van der Waals surface area contributed by atoms with Crippen molar-refractivity contribution in [1.29, 1.82) is 0 Å². The van der Waals surface area contributed by atoms with E-state index < -0.39 is 6.03 Å². The molecule has 0 bridgehead atoms. The normalized spacial score (nSPS) is 14.0. The first-order chi connectivity index (χ1) is 13.6. The number of rotatable bonds is 7. The number of thioether (sulfide) groups is 1. The molecule has 7 nitrogen and oxygen atoms in total. The molecule has 1 saturated carbocycles. The lowest BCUT2D eigenvalue weighted by Crippen LogP contribution is -2.44. The third kappa shape index (κ3) is 5.36. The van der Waals surface area contributed by atoms with E-state index >= 15 is 0 Å². The van der Waals surface area contributed by atoms with Crippen molar-refractivity contribution in [1.82, 2.24) is 25.4 Å². The van der Waals surface area contributed by atoms with Crippen molar-refractivity contribution in [3.63, 3.8) is 0 Å². The molecule has 28 heavy (non-hydrogen) atoms. The summed E-state index contributed by atoms with van der Waals surface area (Å²) in [7, 11) is 0. The van der Waals surface area contributed by atoms with Gasteiger partial charge in [0.05, 0.1) is 5.75 Å². The van der Waals surface area contributed by atoms with E-state index in [1.807, 2.05) is 16.7 Å². The monoisotopic (exact) mass is 419 g/mol. The molecule has 0 unspecified atom stereocenters. The molecule has 9 heteroatoms. The molecule has 0 saturated heterocycles. The topological polar surface area (TPSA) is 88.9 Å². The van der Waals surface area contributed by atoms with Crippen LogP contribution in [-0.2, 0) is 11.3 Å². The molecular formula is C19H22ClN5O2S. The number of urea groups is 1. The molecular weight excluding hydrogens is 398 g/mol. The standard InChI is InChI=1S/C19H22ClN5O2S/c1-2-11-25-17(13-7-9-14(20)10-8-13)23-24-19(25)28-12-16(26)22-18(27)21-15-5-3-4-6-15/h2,7-10,15H,1,3-6,11-12H2,(H2,21,22,26,27). The third-order valence-electron chi connectivity index (χ3n) is 4.41. The van der Waals surface area contributed by atoms with Crippen LogP contribution in [-0.4, -0.2) is 38.5 Å². The van der Waals surface area contributed by atoms with Crippen molar-refractivity contribution in [2.75, 3.05) is 5.75 Å². The molecule has 1 aliphatic rings. The zero-order valence-electron chi connectivity index (χ0n) is 15.4. The Bertz CT molecular complexity index is 847. The molecule has 3 amide bonds. The Morgan fingerprint density at radius 1 is 1.25 bits per heavy atom. The van der Waals surface area contributed by atoms with Crippen molar-refractivity contribution < 1.29 is 9.59 Å². The van der Waals surface area contributed by atoms with Crippen LogP contribution in [0.25, 0.3) is 11.4 Å². The third-order valence-corrected chi connectivity index (χ3v) is 5.63. The fourth-order valence-electron chi connectivity index (χ4n) is 3.09. The highest BCUT2D eigenvalue weighted by molar-refractivity contribution is 7.99. The van der Waals surface area contributed by atoms with Crippen LogP contribution in [0.2, 0.25) is 5.02 Å². The van der Waals surface area contributed by atoms with E-state index in [2.05, 4.69) is 27.4 Å². The summed E-state index contributed by atoms with van der Waals surface area (Å²) < 4.78 is 1.87. The number of halogens is 1.